The van der Waals surface area contributed by atoms with Crippen LogP contribution in [0, 0.1) is 5.92 Å². The molecule has 1 aliphatic rings. The fraction of sp³-hybridized carbons (Fsp3) is 0.818. The lowest BCUT2D eigenvalue weighted by atomic mass is 9.91. The van der Waals surface area contributed by atoms with E-state index in [1.54, 1.807) is 0 Å². The summed E-state index contributed by atoms with van der Waals surface area (Å²) in [5, 5.41) is 9.85. The van der Waals surface area contributed by atoms with Crippen LogP contribution in [-0.4, -0.2) is 23.9 Å². The number of ether oxygens (including phenoxy) is 1. The van der Waals surface area contributed by atoms with Crippen molar-refractivity contribution in [1.29, 1.82) is 0 Å². The highest BCUT2D eigenvalue weighted by Crippen LogP contribution is 2.28. The fourth-order valence-electron chi connectivity index (χ4n) is 2.03. The molecule has 0 bridgehead atoms. The highest BCUT2D eigenvalue weighted by atomic mass is 16.5. The molecular weight excluding hydrogens is 164 g/mol. The van der Waals surface area contributed by atoms with Gasteiger partial charge in [0.2, 0.25) is 0 Å². The Morgan fingerprint density at radius 1 is 1.69 bits per heavy atom. The molecule has 1 saturated heterocycles. The third-order valence-electron chi connectivity index (χ3n) is 2.82. The smallest absolute Gasteiger partial charge is 0.0626 e. The Morgan fingerprint density at radius 3 is 3.08 bits per heavy atom. The zero-order chi connectivity index (χ0) is 9.68. The number of rotatable bonds is 5. The minimum absolute atomic E-state index is 0.203. The van der Waals surface area contributed by atoms with E-state index >= 15 is 0 Å². The van der Waals surface area contributed by atoms with Crippen LogP contribution in [0.3, 0.4) is 0 Å². The van der Waals surface area contributed by atoms with E-state index in [1.807, 2.05) is 6.08 Å². The molecule has 1 heterocycles. The summed E-state index contributed by atoms with van der Waals surface area (Å²) in [6.45, 7) is 6.58. The maximum Gasteiger partial charge on any atom is 0.0626 e. The molecule has 0 radical (unpaired) electrons. The molecule has 1 N–H and O–H groups in total. The first-order valence-corrected chi connectivity index (χ1v) is 5.20. The summed E-state index contributed by atoms with van der Waals surface area (Å²) in [5.41, 5.74) is 0. The predicted molar refractivity (Wildman–Crippen MR) is 53.6 cm³/mol. The van der Waals surface area contributed by atoms with Crippen LogP contribution in [0.15, 0.2) is 12.7 Å². The van der Waals surface area contributed by atoms with Gasteiger partial charge in [0.1, 0.15) is 0 Å². The first-order valence-electron chi connectivity index (χ1n) is 5.20. The van der Waals surface area contributed by atoms with Crippen molar-refractivity contribution in [1.82, 2.24) is 0 Å². The molecule has 0 saturated carbocycles. The Bertz CT molecular complexity index is 156. The first-order chi connectivity index (χ1) is 6.29. The summed E-state index contributed by atoms with van der Waals surface area (Å²) in [6.07, 6.45) is 5.68. The molecule has 2 heteroatoms. The lowest BCUT2D eigenvalue weighted by Gasteiger charge is -2.22. The van der Waals surface area contributed by atoms with Crippen LogP contribution in [0.25, 0.3) is 0 Å². The van der Waals surface area contributed by atoms with Crippen molar-refractivity contribution < 1.29 is 9.84 Å². The van der Waals surface area contributed by atoms with E-state index in [0.29, 0.717) is 5.92 Å². The highest BCUT2D eigenvalue weighted by molar-refractivity contribution is 4.82. The Hall–Kier alpha value is -0.340. The van der Waals surface area contributed by atoms with Gasteiger partial charge in [-0.2, -0.15) is 0 Å². The molecule has 1 rings (SSSR count). The average Bonchev–Trinajstić information content (AvgIpc) is 2.61. The largest absolute Gasteiger partial charge is 0.393 e. The Morgan fingerprint density at radius 2 is 2.46 bits per heavy atom. The summed E-state index contributed by atoms with van der Waals surface area (Å²) < 4.78 is 5.53. The van der Waals surface area contributed by atoms with E-state index in [0.717, 1.165) is 32.3 Å². The van der Waals surface area contributed by atoms with Gasteiger partial charge in [-0.05, 0) is 25.7 Å². The Kier molecular flexibility index (Phi) is 4.46. The van der Waals surface area contributed by atoms with Crippen LogP contribution in [0.1, 0.15) is 32.6 Å². The lowest BCUT2D eigenvalue weighted by Crippen LogP contribution is -2.27. The second-order valence-electron chi connectivity index (χ2n) is 3.70. The molecule has 2 nitrogen and oxygen atoms in total. The summed E-state index contributed by atoms with van der Waals surface area (Å²) >= 11 is 0. The molecule has 0 aromatic rings. The van der Waals surface area contributed by atoms with E-state index in [2.05, 4.69) is 13.5 Å². The summed E-state index contributed by atoms with van der Waals surface area (Å²) in [4.78, 5) is 0. The van der Waals surface area contributed by atoms with E-state index in [-0.39, 0.29) is 12.2 Å². The molecule has 0 aliphatic carbocycles. The van der Waals surface area contributed by atoms with Crippen molar-refractivity contribution in [2.24, 2.45) is 5.92 Å². The number of hydrogen-bond donors (Lipinski definition) is 1. The van der Waals surface area contributed by atoms with Gasteiger partial charge >= 0.3 is 0 Å². The molecule has 0 aromatic carbocycles. The molecular formula is C11H20O2. The lowest BCUT2D eigenvalue weighted by molar-refractivity contribution is 0.0283. The summed E-state index contributed by atoms with van der Waals surface area (Å²) in [6, 6.07) is 0. The van der Waals surface area contributed by atoms with Crippen LogP contribution in [0.5, 0.6) is 0 Å². The zero-order valence-electron chi connectivity index (χ0n) is 8.41. The minimum atomic E-state index is -0.203. The standard InChI is InChI=1S/C11H20O2/c1-3-5-6-10(12)9-7-8-13-11(9)4-2/h3,9-12H,1,4-8H2,2H3. The predicted octanol–water partition coefficient (Wildman–Crippen LogP) is 2.13. The third kappa shape index (κ3) is 2.82. The second-order valence-corrected chi connectivity index (χ2v) is 3.70. The van der Waals surface area contributed by atoms with Crippen molar-refractivity contribution in [3.63, 3.8) is 0 Å². The van der Waals surface area contributed by atoms with E-state index in [4.69, 9.17) is 4.74 Å². The molecule has 76 valence electrons. The van der Waals surface area contributed by atoms with Crippen LogP contribution >= 0.6 is 0 Å². The fourth-order valence-corrected chi connectivity index (χ4v) is 2.03. The van der Waals surface area contributed by atoms with Gasteiger partial charge in [0.25, 0.3) is 0 Å². The van der Waals surface area contributed by atoms with Gasteiger partial charge < -0.3 is 9.84 Å². The van der Waals surface area contributed by atoms with Gasteiger partial charge in [0.05, 0.1) is 12.2 Å². The minimum Gasteiger partial charge on any atom is -0.393 e. The van der Waals surface area contributed by atoms with E-state index < -0.39 is 0 Å². The van der Waals surface area contributed by atoms with Crippen LogP contribution in [0.4, 0.5) is 0 Å². The quantitative estimate of drug-likeness (QED) is 0.663. The van der Waals surface area contributed by atoms with Gasteiger partial charge in [-0.15, -0.1) is 6.58 Å². The summed E-state index contributed by atoms with van der Waals surface area (Å²) in [7, 11) is 0. The topological polar surface area (TPSA) is 29.5 Å². The first kappa shape index (κ1) is 10.7. The molecule has 0 aromatic heterocycles. The molecule has 3 atom stereocenters. The van der Waals surface area contributed by atoms with Crippen molar-refractivity contribution in [3.8, 4) is 0 Å². The van der Waals surface area contributed by atoms with Gasteiger partial charge in [-0.1, -0.05) is 13.0 Å². The van der Waals surface area contributed by atoms with Gasteiger partial charge in [0.15, 0.2) is 0 Å². The monoisotopic (exact) mass is 184 g/mol. The highest BCUT2D eigenvalue weighted by Gasteiger charge is 2.31. The average molecular weight is 184 g/mol. The maximum absolute atomic E-state index is 9.85. The molecule has 3 unspecified atom stereocenters. The Balaban J connectivity index is 2.35. The number of hydrogen-bond acceptors (Lipinski definition) is 2. The van der Waals surface area contributed by atoms with E-state index in [1.165, 1.54) is 0 Å². The second kappa shape index (κ2) is 5.40. The third-order valence-corrected chi connectivity index (χ3v) is 2.82. The van der Waals surface area contributed by atoms with Gasteiger partial charge in [-0.3, -0.25) is 0 Å². The normalized spacial score (nSPS) is 30.3. The van der Waals surface area contributed by atoms with Gasteiger partial charge in [0, 0.05) is 12.5 Å². The molecule has 0 amide bonds. The SMILES string of the molecule is C=CCCC(O)C1CCOC1CC. The molecule has 13 heavy (non-hydrogen) atoms. The van der Waals surface area contributed by atoms with E-state index in [9.17, 15) is 5.11 Å². The van der Waals surface area contributed by atoms with Crippen molar-refractivity contribution in [3.05, 3.63) is 12.7 Å². The Labute approximate surface area is 80.6 Å². The summed E-state index contributed by atoms with van der Waals surface area (Å²) in [5.74, 6) is 0.352. The number of aliphatic hydroxyl groups is 1. The van der Waals surface area contributed by atoms with Crippen molar-refractivity contribution >= 4 is 0 Å². The molecule has 1 fully saturated rings. The molecule has 1 aliphatic heterocycles. The zero-order valence-corrected chi connectivity index (χ0v) is 8.41. The van der Waals surface area contributed by atoms with Crippen LogP contribution in [-0.2, 0) is 4.74 Å². The maximum atomic E-state index is 9.85. The van der Waals surface area contributed by atoms with Crippen LogP contribution in [0.2, 0.25) is 0 Å². The number of allylic oxidation sites excluding steroid dienone is 1. The van der Waals surface area contributed by atoms with Gasteiger partial charge in [-0.25, -0.2) is 0 Å². The molecule has 0 spiro atoms. The number of aliphatic hydroxyl groups excluding tert-OH is 1. The van der Waals surface area contributed by atoms with Crippen molar-refractivity contribution in [2.45, 2.75) is 44.8 Å². The van der Waals surface area contributed by atoms with Crippen molar-refractivity contribution in [2.75, 3.05) is 6.61 Å². The van der Waals surface area contributed by atoms with Crippen LogP contribution < -0.4 is 0 Å².